The van der Waals surface area contributed by atoms with Crippen LogP contribution in [0.25, 0.3) is 0 Å². The molecule has 3 nitrogen and oxygen atoms in total. The van der Waals surface area contributed by atoms with Crippen LogP contribution >= 0.6 is 15.9 Å². The van der Waals surface area contributed by atoms with Gasteiger partial charge in [-0.1, -0.05) is 0 Å². The fraction of sp³-hybridized carbons (Fsp3) is 0. The van der Waals surface area contributed by atoms with Crippen molar-refractivity contribution in [3.05, 3.63) is 22.4 Å². The minimum absolute atomic E-state index is 0.567. The predicted octanol–water partition coefficient (Wildman–Crippen LogP) is 1.42. The van der Waals surface area contributed by atoms with Gasteiger partial charge in [0.25, 0.3) is 0 Å². The van der Waals surface area contributed by atoms with E-state index in [1.165, 1.54) is 6.21 Å². The second kappa shape index (κ2) is 2.79. The average molecular weight is 200 g/mol. The highest BCUT2D eigenvalue weighted by Gasteiger charge is 1.95. The first-order valence-corrected chi connectivity index (χ1v) is 3.45. The number of rotatable bonds is 1. The van der Waals surface area contributed by atoms with Crippen LogP contribution in [0.3, 0.4) is 0 Å². The van der Waals surface area contributed by atoms with Crippen molar-refractivity contribution < 1.29 is 0 Å². The third kappa shape index (κ3) is 1.33. The van der Waals surface area contributed by atoms with Crippen molar-refractivity contribution in [3.63, 3.8) is 0 Å². The van der Waals surface area contributed by atoms with Crippen LogP contribution in [0.15, 0.2) is 16.9 Å². The molecule has 10 heavy (non-hydrogen) atoms. The molecular weight excluding hydrogens is 194 g/mol. The molecule has 0 spiro atoms. The summed E-state index contributed by atoms with van der Waals surface area (Å²) in [6.07, 6.45) is 2.72. The maximum atomic E-state index is 6.89. The van der Waals surface area contributed by atoms with E-state index in [1.54, 1.807) is 12.3 Å². The molecular formula is C6H6BrN3. The molecule has 0 radical (unpaired) electrons. The van der Waals surface area contributed by atoms with Crippen LogP contribution in [-0.4, -0.2) is 11.2 Å². The first-order valence-electron chi connectivity index (χ1n) is 2.65. The SMILES string of the molecule is N=Cc1cnc(Br)cc1N. The highest BCUT2D eigenvalue weighted by atomic mass is 79.9. The average Bonchev–Trinajstić information content (AvgIpc) is 1.88. The molecule has 0 saturated carbocycles. The van der Waals surface area contributed by atoms with Gasteiger partial charge in [-0.3, -0.25) is 0 Å². The van der Waals surface area contributed by atoms with E-state index in [-0.39, 0.29) is 0 Å². The quantitative estimate of drug-likeness (QED) is 0.531. The van der Waals surface area contributed by atoms with Gasteiger partial charge < -0.3 is 11.1 Å². The smallest absolute Gasteiger partial charge is 0.108 e. The summed E-state index contributed by atoms with van der Waals surface area (Å²) in [5.41, 5.74) is 6.72. The van der Waals surface area contributed by atoms with Crippen molar-refractivity contribution >= 4 is 27.8 Å². The molecule has 0 saturated heterocycles. The van der Waals surface area contributed by atoms with E-state index in [4.69, 9.17) is 11.1 Å². The lowest BCUT2D eigenvalue weighted by atomic mass is 10.3. The molecule has 1 aromatic heterocycles. The molecule has 52 valence electrons. The monoisotopic (exact) mass is 199 g/mol. The molecule has 1 heterocycles. The Labute approximate surface area is 66.9 Å². The van der Waals surface area contributed by atoms with Crippen LogP contribution < -0.4 is 5.73 Å². The van der Waals surface area contributed by atoms with Crippen molar-refractivity contribution in [2.45, 2.75) is 0 Å². The van der Waals surface area contributed by atoms with E-state index in [2.05, 4.69) is 20.9 Å². The first-order chi connectivity index (χ1) is 4.74. The van der Waals surface area contributed by atoms with Gasteiger partial charge >= 0.3 is 0 Å². The number of nitrogens with zero attached hydrogens (tertiary/aromatic N) is 1. The summed E-state index contributed by atoms with van der Waals surface area (Å²) in [5.74, 6) is 0. The Morgan fingerprint density at radius 1 is 1.70 bits per heavy atom. The zero-order valence-electron chi connectivity index (χ0n) is 5.13. The number of aromatic nitrogens is 1. The number of nitrogen functional groups attached to an aromatic ring is 1. The molecule has 0 aliphatic rings. The number of hydrogen-bond acceptors (Lipinski definition) is 3. The van der Waals surface area contributed by atoms with E-state index < -0.39 is 0 Å². The summed E-state index contributed by atoms with van der Waals surface area (Å²) in [6.45, 7) is 0. The maximum absolute atomic E-state index is 6.89. The van der Waals surface area contributed by atoms with Gasteiger partial charge in [-0.2, -0.15) is 0 Å². The van der Waals surface area contributed by atoms with Crippen LogP contribution in [0.2, 0.25) is 0 Å². The lowest BCUT2D eigenvalue weighted by Crippen LogP contribution is -1.93. The van der Waals surface area contributed by atoms with Crippen molar-refractivity contribution in [2.24, 2.45) is 0 Å². The molecule has 0 bridgehead atoms. The van der Waals surface area contributed by atoms with Gasteiger partial charge in [-0.15, -0.1) is 0 Å². The van der Waals surface area contributed by atoms with Crippen LogP contribution in [0, 0.1) is 5.41 Å². The number of halogens is 1. The highest BCUT2D eigenvalue weighted by molar-refractivity contribution is 9.10. The fourth-order valence-corrected chi connectivity index (χ4v) is 0.924. The van der Waals surface area contributed by atoms with Gasteiger partial charge in [0.15, 0.2) is 0 Å². The number of anilines is 1. The Hall–Kier alpha value is -0.900. The number of pyridine rings is 1. The molecule has 3 N–H and O–H groups in total. The van der Waals surface area contributed by atoms with Crippen LogP contribution in [0.4, 0.5) is 5.69 Å². The third-order valence-electron chi connectivity index (χ3n) is 1.09. The van der Waals surface area contributed by atoms with Crippen molar-refractivity contribution in [3.8, 4) is 0 Å². The maximum Gasteiger partial charge on any atom is 0.108 e. The first kappa shape index (κ1) is 7.21. The zero-order valence-corrected chi connectivity index (χ0v) is 6.72. The largest absolute Gasteiger partial charge is 0.398 e. The van der Waals surface area contributed by atoms with Gasteiger partial charge in [0.2, 0.25) is 0 Å². The summed E-state index contributed by atoms with van der Waals surface area (Å²) in [6, 6.07) is 1.67. The minimum atomic E-state index is 0.567. The van der Waals surface area contributed by atoms with Crippen LogP contribution in [0.1, 0.15) is 5.56 Å². The zero-order chi connectivity index (χ0) is 7.56. The number of hydrogen-bond donors (Lipinski definition) is 2. The summed E-state index contributed by atoms with van der Waals surface area (Å²) >= 11 is 3.16. The van der Waals surface area contributed by atoms with Gasteiger partial charge in [0.1, 0.15) is 4.60 Å². The second-order valence-corrected chi connectivity index (χ2v) is 2.59. The molecule has 1 rings (SSSR count). The minimum Gasteiger partial charge on any atom is -0.398 e. The van der Waals surface area contributed by atoms with Crippen molar-refractivity contribution in [2.75, 3.05) is 5.73 Å². The van der Waals surface area contributed by atoms with E-state index in [0.717, 1.165) is 0 Å². The van der Waals surface area contributed by atoms with Gasteiger partial charge in [0.05, 0.1) is 0 Å². The van der Waals surface area contributed by atoms with Crippen molar-refractivity contribution in [1.29, 1.82) is 5.41 Å². The Balaban J connectivity index is 3.19. The summed E-state index contributed by atoms with van der Waals surface area (Å²) in [4.78, 5) is 3.90. The molecule has 0 aliphatic heterocycles. The lowest BCUT2D eigenvalue weighted by Gasteiger charge is -1.96. The Morgan fingerprint density at radius 2 is 2.40 bits per heavy atom. The van der Waals surface area contributed by atoms with Crippen molar-refractivity contribution in [1.82, 2.24) is 4.98 Å². The fourth-order valence-electron chi connectivity index (χ4n) is 0.575. The Kier molecular flexibility index (Phi) is 2.01. The standard InChI is InChI=1S/C6H6BrN3/c7-6-1-5(9)4(2-8)3-10-6/h1-3,8H,(H2,9,10). The number of nitrogens with one attached hydrogen (secondary N) is 1. The van der Waals surface area contributed by atoms with Crippen LogP contribution in [-0.2, 0) is 0 Å². The third-order valence-corrected chi connectivity index (χ3v) is 1.52. The summed E-state index contributed by atoms with van der Waals surface area (Å²) in [5, 5.41) is 6.89. The normalized spacial score (nSPS) is 9.30. The van der Waals surface area contributed by atoms with Gasteiger partial charge in [0, 0.05) is 23.7 Å². The van der Waals surface area contributed by atoms with E-state index in [9.17, 15) is 0 Å². The summed E-state index contributed by atoms with van der Waals surface area (Å²) < 4.78 is 0.690. The second-order valence-electron chi connectivity index (χ2n) is 1.78. The Bertz CT molecular complexity index is 259. The van der Waals surface area contributed by atoms with E-state index >= 15 is 0 Å². The van der Waals surface area contributed by atoms with Crippen LogP contribution in [0.5, 0.6) is 0 Å². The highest BCUT2D eigenvalue weighted by Crippen LogP contribution is 2.13. The molecule has 0 aromatic carbocycles. The molecule has 0 fully saturated rings. The Morgan fingerprint density at radius 3 is 2.90 bits per heavy atom. The molecule has 0 amide bonds. The van der Waals surface area contributed by atoms with Gasteiger partial charge in [-0.05, 0) is 22.0 Å². The van der Waals surface area contributed by atoms with Gasteiger partial charge in [-0.25, -0.2) is 4.98 Å². The topological polar surface area (TPSA) is 62.8 Å². The predicted molar refractivity (Wildman–Crippen MR) is 44.2 cm³/mol. The number of nitrogens with two attached hydrogens (primary N) is 1. The molecule has 4 heteroatoms. The lowest BCUT2D eigenvalue weighted by molar-refractivity contribution is 1.27. The molecule has 0 unspecified atom stereocenters. The molecule has 0 atom stereocenters. The van der Waals surface area contributed by atoms with E-state index in [1.807, 2.05) is 0 Å². The van der Waals surface area contributed by atoms with E-state index in [0.29, 0.717) is 15.9 Å². The molecule has 0 aliphatic carbocycles. The molecule has 1 aromatic rings. The summed E-state index contributed by atoms with van der Waals surface area (Å²) in [7, 11) is 0.